The second-order valence-corrected chi connectivity index (χ2v) is 2.47. The van der Waals surface area contributed by atoms with Gasteiger partial charge in [0.25, 0.3) is 0 Å². The second kappa shape index (κ2) is 4.54. The summed E-state index contributed by atoms with van der Waals surface area (Å²) in [6.45, 7) is 0.849. The van der Waals surface area contributed by atoms with E-state index in [0.29, 0.717) is 13.0 Å². The molecule has 0 saturated carbocycles. The molecular formula is C6H12ClNO3. The Morgan fingerprint density at radius 3 is 2.64 bits per heavy atom. The van der Waals surface area contributed by atoms with Crippen LogP contribution in [0.2, 0.25) is 0 Å². The molecule has 0 aromatic rings. The van der Waals surface area contributed by atoms with Crippen molar-refractivity contribution in [3.63, 3.8) is 0 Å². The molecule has 0 radical (unpaired) electrons. The van der Waals surface area contributed by atoms with Crippen LogP contribution in [0.4, 0.5) is 0 Å². The van der Waals surface area contributed by atoms with Crippen molar-refractivity contribution >= 4 is 18.4 Å². The topological polar surface area (TPSA) is 72.5 Å². The molecule has 1 heterocycles. The van der Waals surface area contributed by atoms with Crippen LogP contribution in [0.15, 0.2) is 0 Å². The molecule has 1 saturated heterocycles. The molecular weight excluding hydrogens is 170 g/mol. The van der Waals surface area contributed by atoms with Gasteiger partial charge >= 0.3 is 5.97 Å². The van der Waals surface area contributed by atoms with Gasteiger partial charge in [-0.05, 0) is 6.42 Å². The predicted octanol–water partition coefficient (Wildman–Crippen LogP) is -0.143. The Bertz CT molecular complexity index is 142. The minimum absolute atomic E-state index is 0. The molecule has 11 heavy (non-hydrogen) atoms. The molecule has 0 amide bonds. The van der Waals surface area contributed by atoms with E-state index in [4.69, 9.17) is 15.6 Å². The highest BCUT2D eigenvalue weighted by atomic mass is 35.5. The van der Waals surface area contributed by atoms with Gasteiger partial charge in [0, 0.05) is 12.6 Å². The fourth-order valence-electron chi connectivity index (χ4n) is 1.01. The molecule has 1 aliphatic rings. The largest absolute Gasteiger partial charge is 0.481 e. The van der Waals surface area contributed by atoms with E-state index >= 15 is 0 Å². The average Bonchev–Trinajstić information content (AvgIpc) is 1.88. The Morgan fingerprint density at radius 2 is 2.27 bits per heavy atom. The van der Waals surface area contributed by atoms with E-state index in [2.05, 4.69) is 0 Å². The van der Waals surface area contributed by atoms with Gasteiger partial charge in [0.15, 0.2) is 0 Å². The van der Waals surface area contributed by atoms with Gasteiger partial charge in [-0.2, -0.15) is 0 Å². The summed E-state index contributed by atoms with van der Waals surface area (Å²) in [7, 11) is 0. The summed E-state index contributed by atoms with van der Waals surface area (Å²) in [4.78, 5) is 10.4. The SMILES string of the molecule is Cl.N[C@@H]1CCOC[C@@H]1C(=O)O. The van der Waals surface area contributed by atoms with Crippen LogP contribution in [0.5, 0.6) is 0 Å². The van der Waals surface area contributed by atoms with Crippen LogP contribution in [0.1, 0.15) is 6.42 Å². The van der Waals surface area contributed by atoms with E-state index in [0.717, 1.165) is 0 Å². The van der Waals surface area contributed by atoms with Crippen LogP contribution >= 0.6 is 12.4 Å². The van der Waals surface area contributed by atoms with Crippen LogP contribution in [-0.2, 0) is 9.53 Å². The number of aliphatic carboxylic acids is 1. The quantitative estimate of drug-likeness (QED) is 0.591. The average molecular weight is 182 g/mol. The van der Waals surface area contributed by atoms with Crippen molar-refractivity contribution in [3.05, 3.63) is 0 Å². The smallest absolute Gasteiger partial charge is 0.310 e. The van der Waals surface area contributed by atoms with Gasteiger partial charge in [-0.15, -0.1) is 12.4 Å². The first kappa shape index (κ1) is 10.7. The van der Waals surface area contributed by atoms with Crippen LogP contribution in [0.3, 0.4) is 0 Å². The van der Waals surface area contributed by atoms with Crippen molar-refractivity contribution in [2.24, 2.45) is 11.7 Å². The first-order chi connectivity index (χ1) is 4.72. The van der Waals surface area contributed by atoms with Gasteiger partial charge in [-0.25, -0.2) is 0 Å². The predicted molar refractivity (Wildman–Crippen MR) is 41.8 cm³/mol. The van der Waals surface area contributed by atoms with Gasteiger partial charge < -0.3 is 15.6 Å². The van der Waals surface area contributed by atoms with E-state index in [-0.39, 0.29) is 25.1 Å². The zero-order valence-corrected chi connectivity index (χ0v) is 6.84. The number of carboxylic acids is 1. The normalized spacial score (nSPS) is 30.6. The number of halogens is 1. The maximum absolute atomic E-state index is 10.4. The van der Waals surface area contributed by atoms with E-state index in [1.807, 2.05) is 0 Å². The van der Waals surface area contributed by atoms with Crippen LogP contribution in [0, 0.1) is 5.92 Å². The highest BCUT2D eigenvalue weighted by molar-refractivity contribution is 5.85. The summed E-state index contributed by atoms with van der Waals surface area (Å²) >= 11 is 0. The molecule has 1 fully saturated rings. The number of hydrogen-bond donors (Lipinski definition) is 2. The molecule has 0 spiro atoms. The number of carboxylic acid groups (broad SMARTS) is 1. The molecule has 0 bridgehead atoms. The molecule has 4 nitrogen and oxygen atoms in total. The molecule has 0 unspecified atom stereocenters. The van der Waals surface area contributed by atoms with E-state index in [1.54, 1.807) is 0 Å². The highest BCUT2D eigenvalue weighted by Gasteiger charge is 2.28. The lowest BCUT2D eigenvalue weighted by Gasteiger charge is -2.24. The Hall–Kier alpha value is -0.320. The Labute approximate surface area is 71.1 Å². The minimum Gasteiger partial charge on any atom is -0.481 e. The van der Waals surface area contributed by atoms with Crippen LogP contribution in [-0.4, -0.2) is 30.3 Å². The Kier molecular flexibility index (Phi) is 4.40. The number of ether oxygens (including phenoxy) is 1. The summed E-state index contributed by atoms with van der Waals surface area (Å²) < 4.78 is 4.95. The maximum atomic E-state index is 10.4. The first-order valence-electron chi connectivity index (χ1n) is 3.28. The number of carbonyl (C=O) groups is 1. The Balaban J connectivity index is 0.000001000. The van der Waals surface area contributed by atoms with Gasteiger partial charge in [0.2, 0.25) is 0 Å². The number of nitrogens with two attached hydrogens (primary N) is 1. The summed E-state index contributed by atoms with van der Waals surface area (Å²) in [6, 6.07) is -0.230. The van der Waals surface area contributed by atoms with Crippen molar-refractivity contribution in [1.29, 1.82) is 0 Å². The molecule has 0 aromatic carbocycles. The first-order valence-corrected chi connectivity index (χ1v) is 3.28. The lowest BCUT2D eigenvalue weighted by Crippen LogP contribution is -2.42. The molecule has 3 N–H and O–H groups in total. The van der Waals surface area contributed by atoms with E-state index < -0.39 is 11.9 Å². The van der Waals surface area contributed by atoms with Gasteiger partial charge in [0.05, 0.1) is 12.5 Å². The van der Waals surface area contributed by atoms with E-state index in [1.165, 1.54) is 0 Å². The monoisotopic (exact) mass is 181 g/mol. The Morgan fingerprint density at radius 1 is 1.64 bits per heavy atom. The fraction of sp³-hybridized carbons (Fsp3) is 0.833. The summed E-state index contributed by atoms with van der Waals surface area (Å²) in [5, 5.41) is 8.55. The van der Waals surface area contributed by atoms with Crippen molar-refractivity contribution < 1.29 is 14.6 Å². The third kappa shape index (κ3) is 2.65. The number of rotatable bonds is 1. The molecule has 5 heteroatoms. The third-order valence-electron chi connectivity index (χ3n) is 1.73. The molecule has 1 rings (SSSR count). The fourth-order valence-corrected chi connectivity index (χ4v) is 1.01. The lowest BCUT2D eigenvalue weighted by atomic mass is 9.97. The second-order valence-electron chi connectivity index (χ2n) is 2.47. The molecule has 0 aromatic heterocycles. The molecule has 2 atom stereocenters. The van der Waals surface area contributed by atoms with Gasteiger partial charge in [-0.1, -0.05) is 0 Å². The van der Waals surface area contributed by atoms with Crippen LogP contribution in [0.25, 0.3) is 0 Å². The van der Waals surface area contributed by atoms with Crippen LogP contribution < -0.4 is 5.73 Å². The minimum atomic E-state index is -0.854. The van der Waals surface area contributed by atoms with Crippen molar-refractivity contribution in [1.82, 2.24) is 0 Å². The highest BCUT2D eigenvalue weighted by Crippen LogP contribution is 2.12. The van der Waals surface area contributed by atoms with Crippen molar-refractivity contribution in [2.45, 2.75) is 12.5 Å². The third-order valence-corrected chi connectivity index (χ3v) is 1.73. The summed E-state index contributed by atoms with van der Waals surface area (Å²) in [5.74, 6) is -1.36. The standard InChI is InChI=1S/C6H11NO3.ClH/c7-5-1-2-10-3-4(5)6(8)9;/h4-5H,1-3,7H2,(H,8,9);1H/t4-,5+;/m0./s1. The molecule has 66 valence electrons. The van der Waals surface area contributed by atoms with Crippen molar-refractivity contribution in [2.75, 3.05) is 13.2 Å². The lowest BCUT2D eigenvalue weighted by molar-refractivity contribution is -0.146. The zero-order valence-electron chi connectivity index (χ0n) is 6.03. The maximum Gasteiger partial charge on any atom is 0.310 e. The van der Waals surface area contributed by atoms with Gasteiger partial charge in [-0.3, -0.25) is 4.79 Å². The molecule has 1 aliphatic heterocycles. The van der Waals surface area contributed by atoms with E-state index in [9.17, 15) is 4.79 Å². The molecule has 0 aliphatic carbocycles. The zero-order chi connectivity index (χ0) is 7.56. The number of hydrogen-bond acceptors (Lipinski definition) is 3. The summed E-state index contributed by atoms with van der Waals surface area (Å²) in [6.07, 6.45) is 0.650. The summed E-state index contributed by atoms with van der Waals surface area (Å²) in [5.41, 5.74) is 5.52. The van der Waals surface area contributed by atoms with Gasteiger partial charge in [0.1, 0.15) is 0 Å². The van der Waals surface area contributed by atoms with Crippen molar-refractivity contribution in [3.8, 4) is 0 Å².